The molecule has 2 fully saturated rings. The van der Waals surface area contributed by atoms with E-state index in [0.29, 0.717) is 33.4 Å². The number of benzene rings is 2. The summed E-state index contributed by atoms with van der Waals surface area (Å²) in [5.74, 6) is -0.653. The highest BCUT2D eigenvalue weighted by atomic mass is 32.1. The van der Waals surface area contributed by atoms with E-state index in [9.17, 15) is 9.59 Å². The normalized spacial score (nSPS) is 19.5. The van der Waals surface area contributed by atoms with Crippen LogP contribution in [-0.2, 0) is 24.3 Å². The van der Waals surface area contributed by atoms with E-state index in [4.69, 9.17) is 0 Å². The Bertz CT molecular complexity index is 1690. The third-order valence-corrected chi connectivity index (χ3v) is 10.3. The number of halogens is 1. The third kappa shape index (κ3) is 4.86. The Morgan fingerprint density at radius 1 is 1.02 bits per heavy atom. The van der Waals surface area contributed by atoms with Gasteiger partial charge in [0.1, 0.15) is 5.82 Å². The monoisotopic (exact) mass is 596 g/mol. The lowest BCUT2D eigenvalue weighted by atomic mass is 9.88. The summed E-state index contributed by atoms with van der Waals surface area (Å²) in [7, 11) is 0. The van der Waals surface area contributed by atoms with E-state index in [1.54, 1.807) is 24.0 Å². The zero-order chi connectivity index (χ0) is 29.1. The lowest BCUT2D eigenvalue weighted by Crippen LogP contribution is -2.38. The molecule has 1 aliphatic carbocycles. The minimum absolute atomic E-state index is 0.00102. The molecule has 1 atom stereocenters. The van der Waals surface area contributed by atoms with E-state index in [0.717, 1.165) is 49.8 Å². The van der Waals surface area contributed by atoms with Gasteiger partial charge in [-0.2, -0.15) is 0 Å². The van der Waals surface area contributed by atoms with E-state index < -0.39 is 17.8 Å². The van der Waals surface area contributed by atoms with Crippen LogP contribution in [0.4, 0.5) is 9.52 Å². The summed E-state index contributed by atoms with van der Waals surface area (Å²) in [6, 6.07) is 11.5. The van der Waals surface area contributed by atoms with Gasteiger partial charge in [-0.3, -0.25) is 14.9 Å². The number of rotatable bonds is 7. The molecule has 8 rings (SSSR count). The number of nitrogens with zero attached hydrogens (tertiary/aromatic N) is 5. The Morgan fingerprint density at radius 2 is 1.84 bits per heavy atom. The van der Waals surface area contributed by atoms with E-state index >= 15 is 4.39 Å². The van der Waals surface area contributed by atoms with Crippen molar-refractivity contribution in [3.05, 3.63) is 88.2 Å². The summed E-state index contributed by atoms with van der Waals surface area (Å²) < 4.78 is 17.7. The van der Waals surface area contributed by atoms with Crippen molar-refractivity contribution < 1.29 is 14.0 Å². The van der Waals surface area contributed by atoms with Crippen LogP contribution < -0.4 is 5.32 Å². The first kappa shape index (κ1) is 26.7. The van der Waals surface area contributed by atoms with Gasteiger partial charge in [-0.1, -0.05) is 24.3 Å². The highest BCUT2D eigenvalue weighted by Crippen LogP contribution is 2.39. The van der Waals surface area contributed by atoms with Crippen molar-refractivity contribution in [2.45, 2.75) is 69.6 Å². The van der Waals surface area contributed by atoms with Crippen LogP contribution in [0.15, 0.2) is 54.3 Å². The second-order valence-electron chi connectivity index (χ2n) is 12.2. The number of hydrogen-bond donors (Lipinski definition) is 1. The zero-order valence-electron chi connectivity index (χ0n) is 23.8. The van der Waals surface area contributed by atoms with Crippen molar-refractivity contribution in [1.82, 2.24) is 24.3 Å². The van der Waals surface area contributed by atoms with Gasteiger partial charge in [0.05, 0.1) is 18.6 Å². The number of amides is 2. The predicted octanol–water partition coefficient (Wildman–Crippen LogP) is 5.77. The Morgan fingerprint density at radius 3 is 2.58 bits per heavy atom. The SMILES string of the molecule is O=C(Nc1nccs1)C(c1ncn2c1CCC2)N1Cc2c(F)cc(-c3ccc(C4CCN(C5CC5)CC4)cc3)cc2C1=O. The molecule has 10 heteroatoms. The fraction of sp³-hybridized carbons (Fsp3) is 0.394. The fourth-order valence-corrected chi connectivity index (χ4v) is 7.68. The molecule has 1 saturated carbocycles. The first-order valence-corrected chi connectivity index (χ1v) is 16.1. The van der Waals surface area contributed by atoms with E-state index in [1.165, 1.54) is 53.5 Å². The Hall–Kier alpha value is -3.89. The average Bonchev–Trinajstić information content (AvgIpc) is 3.31. The van der Waals surface area contributed by atoms with Gasteiger partial charge in [-0.25, -0.2) is 14.4 Å². The molecule has 1 saturated heterocycles. The maximum atomic E-state index is 15.7. The smallest absolute Gasteiger partial charge is 0.255 e. The van der Waals surface area contributed by atoms with Gasteiger partial charge in [0.2, 0.25) is 0 Å². The molecule has 1 unspecified atom stereocenters. The molecule has 1 N–H and O–H groups in total. The second-order valence-corrected chi connectivity index (χ2v) is 13.1. The maximum absolute atomic E-state index is 15.7. The van der Waals surface area contributed by atoms with Crippen molar-refractivity contribution in [3.63, 3.8) is 0 Å². The number of anilines is 1. The fourth-order valence-electron chi connectivity index (χ4n) is 7.15. The Labute approximate surface area is 253 Å². The zero-order valence-corrected chi connectivity index (χ0v) is 24.7. The van der Waals surface area contributed by atoms with Crippen molar-refractivity contribution in [2.24, 2.45) is 0 Å². The van der Waals surface area contributed by atoms with Gasteiger partial charge in [-0.15, -0.1) is 11.3 Å². The third-order valence-electron chi connectivity index (χ3n) is 9.60. The summed E-state index contributed by atoms with van der Waals surface area (Å²) in [4.78, 5) is 40.5. The highest BCUT2D eigenvalue weighted by molar-refractivity contribution is 7.13. The molecule has 220 valence electrons. The van der Waals surface area contributed by atoms with Crippen molar-refractivity contribution in [3.8, 4) is 11.1 Å². The lowest BCUT2D eigenvalue weighted by Gasteiger charge is -2.32. The van der Waals surface area contributed by atoms with Crippen molar-refractivity contribution in [2.75, 3.05) is 18.4 Å². The van der Waals surface area contributed by atoms with Crippen LogP contribution in [0, 0.1) is 5.82 Å². The molecule has 2 aromatic carbocycles. The summed E-state index contributed by atoms with van der Waals surface area (Å²) >= 11 is 1.30. The number of fused-ring (bicyclic) bond motifs is 2. The number of carbonyl (C=O) groups excluding carboxylic acids is 2. The molecule has 4 aliphatic rings. The first-order valence-electron chi connectivity index (χ1n) is 15.3. The number of aromatic nitrogens is 3. The molecule has 2 amide bonds. The standard InChI is InChI=1S/C33H33FN6O2S/c34-27-17-23(21-5-3-20(4-6-21)22-9-13-38(14-10-22)24-7-8-24)16-25-26(27)18-40(32(25)42)30(31(41)37-33-35-11-15-43-33)29-28-2-1-12-39(28)19-36-29/h3-6,11,15-17,19,22,24,30H,1-2,7-10,12-14,18H2,(H,35,37,41). The van der Waals surface area contributed by atoms with Crippen LogP contribution in [0.5, 0.6) is 0 Å². The summed E-state index contributed by atoms with van der Waals surface area (Å²) in [5, 5.41) is 5.07. The molecule has 8 nitrogen and oxygen atoms in total. The molecule has 0 bridgehead atoms. The minimum Gasteiger partial charge on any atom is -0.334 e. The summed E-state index contributed by atoms with van der Waals surface area (Å²) in [6.07, 6.45) is 10.1. The van der Waals surface area contributed by atoms with Crippen LogP contribution >= 0.6 is 11.3 Å². The number of aryl methyl sites for hydroxylation is 1. The number of nitrogens with one attached hydrogen (secondary N) is 1. The first-order chi connectivity index (χ1) is 21.0. The molecular weight excluding hydrogens is 563 g/mol. The Balaban J connectivity index is 1.06. The lowest BCUT2D eigenvalue weighted by molar-refractivity contribution is -0.121. The number of carbonyl (C=O) groups is 2. The van der Waals surface area contributed by atoms with Crippen LogP contribution in [0.25, 0.3) is 11.1 Å². The molecule has 0 spiro atoms. The predicted molar refractivity (Wildman–Crippen MR) is 162 cm³/mol. The summed E-state index contributed by atoms with van der Waals surface area (Å²) in [6.45, 7) is 3.15. The van der Waals surface area contributed by atoms with E-state index in [-0.39, 0.29) is 12.5 Å². The quantitative estimate of drug-likeness (QED) is 0.293. The Kier molecular flexibility index (Phi) is 6.63. The average molecular weight is 597 g/mol. The van der Waals surface area contributed by atoms with Gasteiger partial charge < -0.3 is 14.4 Å². The van der Waals surface area contributed by atoms with Crippen LogP contribution in [-0.4, -0.2) is 55.3 Å². The van der Waals surface area contributed by atoms with Gasteiger partial charge in [-0.05, 0) is 86.4 Å². The second kappa shape index (κ2) is 10.7. The summed E-state index contributed by atoms with van der Waals surface area (Å²) in [5.41, 5.74) is 4.97. The molecular formula is C33H33FN6O2S. The van der Waals surface area contributed by atoms with Crippen LogP contribution in [0.2, 0.25) is 0 Å². The van der Waals surface area contributed by atoms with Crippen molar-refractivity contribution >= 4 is 28.3 Å². The van der Waals surface area contributed by atoms with Gasteiger partial charge >= 0.3 is 0 Å². The largest absolute Gasteiger partial charge is 0.334 e. The number of likely N-dealkylation sites (tertiary alicyclic amines) is 1. The van der Waals surface area contributed by atoms with Gasteiger partial charge in [0.25, 0.3) is 11.8 Å². The highest BCUT2D eigenvalue weighted by Gasteiger charge is 2.42. The number of thiazole rings is 1. The van der Waals surface area contributed by atoms with Crippen LogP contribution in [0.1, 0.15) is 76.9 Å². The molecule has 5 heterocycles. The van der Waals surface area contributed by atoms with Gasteiger partial charge in [0, 0.05) is 41.0 Å². The molecule has 0 radical (unpaired) electrons. The van der Waals surface area contributed by atoms with E-state index in [2.05, 4.69) is 32.3 Å². The topological polar surface area (TPSA) is 83.4 Å². The van der Waals surface area contributed by atoms with Gasteiger partial charge in [0.15, 0.2) is 11.2 Å². The van der Waals surface area contributed by atoms with Crippen LogP contribution in [0.3, 0.4) is 0 Å². The van der Waals surface area contributed by atoms with Crippen molar-refractivity contribution in [1.29, 1.82) is 0 Å². The number of piperidine rings is 1. The molecule has 43 heavy (non-hydrogen) atoms. The van der Waals surface area contributed by atoms with E-state index in [1.807, 2.05) is 16.7 Å². The maximum Gasteiger partial charge on any atom is 0.255 e. The molecule has 3 aliphatic heterocycles. The molecule has 2 aromatic heterocycles. The number of hydrogen-bond acceptors (Lipinski definition) is 6. The number of imidazole rings is 1. The minimum atomic E-state index is -0.994. The molecule has 4 aromatic rings.